The Kier molecular flexibility index (Phi) is 3.55. The van der Waals surface area contributed by atoms with E-state index in [0.29, 0.717) is 6.42 Å². The highest BCUT2D eigenvalue weighted by Gasteiger charge is 2.00. The highest BCUT2D eigenvalue weighted by molar-refractivity contribution is 5.90. The zero-order chi connectivity index (χ0) is 12.1. The highest BCUT2D eigenvalue weighted by Crippen LogP contribution is 2.20. The molecule has 88 valence electrons. The zero-order valence-electron chi connectivity index (χ0n) is 9.52. The molecular formula is C13H15N3O. The lowest BCUT2D eigenvalue weighted by atomic mass is 10.2. The quantitative estimate of drug-likeness (QED) is 0.769. The van der Waals surface area contributed by atoms with E-state index in [4.69, 9.17) is 5.73 Å². The number of hydrogen-bond donors (Lipinski definition) is 2. The topological polar surface area (TPSA) is 68.0 Å². The number of anilines is 1. The molecule has 4 nitrogen and oxygen atoms in total. The largest absolute Gasteiger partial charge is 0.384 e. The minimum Gasteiger partial charge on any atom is -0.384 e. The molecule has 0 bridgehead atoms. The molecule has 1 aromatic carbocycles. The van der Waals surface area contributed by atoms with E-state index in [2.05, 4.69) is 10.3 Å². The molecule has 3 N–H and O–H groups in total. The summed E-state index contributed by atoms with van der Waals surface area (Å²) in [6.45, 7) is 0.733. The summed E-state index contributed by atoms with van der Waals surface area (Å²) in [5.41, 5.74) is 7.09. The van der Waals surface area contributed by atoms with Gasteiger partial charge in [0.1, 0.15) is 0 Å². The summed E-state index contributed by atoms with van der Waals surface area (Å²) in [5.74, 6) is -0.258. The van der Waals surface area contributed by atoms with Crippen LogP contribution in [0.2, 0.25) is 0 Å². The molecule has 0 aliphatic carbocycles. The van der Waals surface area contributed by atoms with Gasteiger partial charge >= 0.3 is 0 Å². The van der Waals surface area contributed by atoms with Crippen LogP contribution in [0.3, 0.4) is 0 Å². The summed E-state index contributed by atoms with van der Waals surface area (Å²) in [7, 11) is 0. The number of aromatic nitrogens is 1. The number of para-hydroxylation sites is 1. The van der Waals surface area contributed by atoms with Gasteiger partial charge in [0.2, 0.25) is 5.91 Å². The molecule has 0 aliphatic heterocycles. The molecule has 17 heavy (non-hydrogen) atoms. The van der Waals surface area contributed by atoms with E-state index in [1.54, 1.807) is 6.20 Å². The molecular weight excluding hydrogens is 214 g/mol. The zero-order valence-corrected chi connectivity index (χ0v) is 9.52. The number of hydrogen-bond acceptors (Lipinski definition) is 3. The van der Waals surface area contributed by atoms with Gasteiger partial charge in [-0.05, 0) is 18.6 Å². The van der Waals surface area contributed by atoms with Crippen molar-refractivity contribution < 1.29 is 4.79 Å². The molecule has 0 fully saturated rings. The number of nitrogens with one attached hydrogen (secondary N) is 1. The Balaban J connectivity index is 2.05. The van der Waals surface area contributed by atoms with Crippen molar-refractivity contribution in [2.24, 2.45) is 5.73 Å². The van der Waals surface area contributed by atoms with Crippen LogP contribution in [0.1, 0.15) is 12.8 Å². The van der Waals surface area contributed by atoms with Crippen LogP contribution in [0.5, 0.6) is 0 Å². The number of carbonyl (C=O) groups is 1. The third kappa shape index (κ3) is 2.93. The fourth-order valence-electron chi connectivity index (χ4n) is 1.74. The first-order valence-electron chi connectivity index (χ1n) is 5.63. The highest BCUT2D eigenvalue weighted by atomic mass is 16.1. The van der Waals surface area contributed by atoms with Crippen LogP contribution in [0, 0.1) is 0 Å². The van der Waals surface area contributed by atoms with Crippen LogP contribution < -0.4 is 11.1 Å². The summed E-state index contributed by atoms with van der Waals surface area (Å²) >= 11 is 0. The van der Waals surface area contributed by atoms with Gasteiger partial charge in [-0.3, -0.25) is 9.78 Å². The first-order chi connectivity index (χ1) is 8.27. The van der Waals surface area contributed by atoms with Crippen LogP contribution in [-0.4, -0.2) is 17.4 Å². The van der Waals surface area contributed by atoms with Crippen LogP contribution in [0.25, 0.3) is 10.9 Å². The predicted octanol–water partition coefficient (Wildman–Crippen LogP) is 1.91. The Morgan fingerprint density at radius 3 is 2.94 bits per heavy atom. The first kappa shape index (κ1) is 11.4. The van der Waals surface area contributed by atoms with Gasteiger partial charge in [-0.25, -0.2) is 0 Å². The Morgan fingerprint density at radius 2 is 2.12 bits per heavy atom. The number of primary amides is 1. The van der Waals surface area contributed by atoms with Crippen molar-refractivity contribution in [1.29, 1.82) is 0 Å². The molecule has 0 saturated carbocycles. The van der Waals surface area contributed by atoms with Crippen LogP contribution in [0.4, 0.5) is 5.69 Å². The molecule has 0 atom stereocenters. The lowest BCUT2D eigenvalue weighted by Gasteiger charge is -2.08. The average molecular weight is 229 g/mol. The van der Waals surface area contributed by atoms with E-state index in [1.807, 2.05) is 30.3 Å². The number of fused-ring (bicyclic) bond motifs is 1. The molecule has 0 aliphatic rings. The van der Waals surface area contributed by atoms with E-state index >= 15 is 0 Å². The summed E-state index contributed by atoms with van der Waals surface area (Å²) in [6, 6.07) is 9.89. The third-order valence-electron chi connectivity index (χ3n) is 2.56. The second-order valence-electron chi connectivity index (χ2n) is 3.87. The molecule has 1 heterocycles. The molecule has 1 aromatic heterocycles. The Morgan fingerprint density at radius 1 is 1.29 bits per heavy atom. The van der Waals surface area contributed by atoms with Crippen molar-refractivity contribution in [1.82, 2.24) is 4.98 Å². The van der Waals surface area contributed by atoms with Crippen molar-refractivity contribution in [3.63, 3.8) is 0 Å². The fraction of sp³-hybridized carbons (Fsp3) is 0.231. The van der Waals surface area contributed by atoms with Gasteiger partial charge in [0, 0.05) is 30.2 Å². The average Bonchev–Trinajstić information content (AvgIpc) is 2.34. The molecule has 2 aromatic rings. The van der Waals surface area contributed by atoms with Crippen molar-refractivity contribution >= 4 is 22.5 Å². The van der Waals surface area contributed by atoms with Gasteiger partial charge in [-0.15, -0.1) is 0 Å². The smallest absolute Gasteiger partial charge is 0.217 e. The number of amides is 1. The Labute approximate surface area is 99.8 Å². The van der Waals surface area contributed by atoms with E-state index in [1.165, 1.54) is 0 Å². The monoisotopic (exact) mass is 229 g/mol. The van der Waals surface area contributed by atoms with E-state index in [9.17, 15) is 4.79 Å². The molecule has 4 heteroatoms. The van der Waals surface area contributed by atoms with Gasteiger partial charge in [0.25, 0.3) is 0 Å². The number of rotatable bonds is 5. The lowest BCUT2D eigenvalue weighted by molar-refractivity contribution is -0.118. The molecule has 0 spiro atoms. The Bertz CT molecular complexity index is 520. The number of nitrogens with two attached hydrogens (primary N) is 1. The van der Waals surface area contributed by atoms with Crippen molar-refractivity contribution in [3.05, 3.63) is 36.5 Å². The SMILES string of the molecule is NC(=O)CCCNc1ccnc2ccccc12. The molecule has 1 amide bonds. The van der Waals surface area contributed by atoms with Crippen molar-refractivity contribution in [2.75, 3.05) is 11.9 Å². The minimum atomic E-state index is -0.258. The maximum Gasteiger partial charge on any atom is 0.217 e. The molecule has 0 saturated heterocycles. The van der Waals surface area contributed by atoms with Crippen molar-refractivity contribution in [2.45, 2.75) is 12.8 Å². The second-order valence-corrected chi connectivity index (χ2v) is 3.87. The van der Waals surface area contributed by atoms with Gasteiger partial charge < -0.3 is 11.1 Å². The van der Waals surface area contributed by atoms with E-state index < -0.39 is 0 Å². The first-order valence-corrected chi connectivity index (χ1v) is 5.63. The summed E-state index contributed by atoms with van der Waals surface area (Å²) < 4.78 is 0. The van der Waals surface area contributed by atoms with E-state index in [0.717, 1.165) is 29.6 Å². The molecule has 2 rings (SSSR count). The second kappa shape index (κ2) is 5.30. The number of benzene rings is 1. The summed E-state index contributed by atoms with van der Waals surface area (Å²) in [6.07, 6.45) is 2.93. The number of carbonyl (C=O) groups excluding carboxylic acids is 1. The van der Waals surface area contributed by atoms with Gasteiger partial charge in [0.05, 0.1) is 5.52 Å². The number of nitrogens with zero attached hydrogens (tertiary/aromatic N) is 1. The molecule has 0 radical (unpaired) electrons. The third-order valence-corrected chi connectivity index (χ3v) is 2.56. The van der Waals surface area contributed by atoms with E-state index in [-0.39, 0.29) is 5.91 Å². The van der Waals surface area contributed by atoms with Crippen LogP contribution in [0.15, 0.2) is 36.5 Å². The lowest BCUT2D eigenvalue weighted by Crippen LogP contribution is -2.12. The minimum absolute atomic E-state index is 0.258. The van der Waals surface area contributed by atoms with Crippen LogP contribution >= 0.6 is 0 Å². The Hall–Kier alpha value is -2.10. The van der Waals surface area contributed by atoms with Gasteiger partial charge in [-0.1, -0.05) is 18.2 Å². The maximum absolute atomic E-state index is 10.6. The standard InChI is InChI=1S/C13H15N3O/c14-13(17)6-3-8-15-12-7-9-16-11-5-2-1-4-10(11)12/h1-2,4-5,7,9H,3,6,8H2,(H2,14,17)(H,15,16). The number of pyridine rings is 1. The summed E-state index contributed by atoms with van der Waals surface area (Å²) in [4.78, 5) is 14.9. The summed E-state index contributed by atoms with van der Waals surface area (Å²) in [5, 5.41) is 4.39. The normalized spacial score (nSPS) is 10.4. The van der Waals surface area contributed by atoms with Crippen LogP contribution in [-0.2, 0) is 4.79 Å². The molecule has 0 unspecified atom stereocenters. The predicted molar refractivity (Wildman–Crippen MR) is 68.7 cm³/mol. The van der Waals surface area contributed by atoms with Crippen molar-refractivity contribution in [3.8, 4) is 0 Å². The fourth-order valence-corrected chi connectivity index (χ4v) is 1.74. The van der Waals surface area contributed by atoms with Gasteiger partial charge in [-0.2, -0.15) is 0 Å². The van der Waals surface area contributed by atoms with Gasteiger partial charge in [0.15, 0.2) is 0 Å². The maximum atomic E-state index is 10.6.